The molecule has 1 nitrogen and oxygen atoms in total. The summed E-state index contributed by atoms with van der Waals surface area (Å²) in [5, 5.41) is 5.60. The van der Waals surface area contributed by atoms with Crippen LogP contribution in [0.25, 0.3) is 0 Å². The van der Waals surface area contributed by atoms with Gasteiger partial charge in [-0.2, -0.15) is 0 Å². The Kier molecular flexibility index (Phi) is 3.75. The third-order valence-corrected chi connectivity index (χ3v) is 3.80. The number of rotatable bonds is 3. The summed E-state index contributed by atoms with van der Waals surface area (Å²) in [7, 11) is 0. The van der Waals surface area contributed by atoms with Crippen LogP contribution in [0.2, 0.25) is 4.34 Å². The normalized spacial score (nSPS) is 12.5. The first-order valence-corrected chi connectivity index (χ1v) is 6.89. The van der Waals surface area contributed by atoms with Gasteiger partial charge < -0.3 is 5.32 Å². The average molecular weight is 266 g/mol. The number of aryl methyl sites for hydroxylation is 2. The third-order valence-electron chi connectivity index (χ3n) is 2.69. The van der Waals surface area contributed by atoms with Gasteiger partial charge in [0, 0.05) is 11.7 Å². The fraction of sp³-hybridized carbons (Fsp3) is 0.286. The van der Waals surface area contributed by atoms with Crippen molar-refractivity contribution in [1.29, 1.82) is 0 Å². The molecule has 1 aromatic carbocycles. The maximum absolute atomic E-state index is 5.95. The van der Waals surface area contributed by atoms with Crippen molar-refractivity contribution in [1.82, 2.24) is 0 Å². The molecule has 0 radical (unpaired) electrons. The van der Waals surface area contributed by atoms with E-state index in [1.54, 1.807) is 11.3 Å². The molecule has 1 N–H and O–H groups in total. The summed E-state index contributed by atoms with van der Waals surface area (Å²) in [6.07, 6.45) is 0. The van der Waals surface area contributed by atoms with Gasteiger partial charge in [-0.3, -0.25) is 0 Å². The molecule has 1 aromatic heterocycles. The Balaban J connectivity index is 2.15. The van der Waals surface area contributed by atoms with Crippen molar-refractivity contribution < 1.29 is 0 Å². The van der Waals surface area contributed by atoms with Crippen molar-refractivity contribution in [2.75, 3.05) is 5.32 Å². The number of hydrogen-bond donors (Lipinski definition) is 1. The molecule has 0 amide bonds. The Bertz CT molecular complexity index is 498. The van der Waals surface area contributed by atoms with Gasteiger partial charge in [-0.1, -0.05) is 17.7 Å². The second kappa shape index (κ2) is 5.11. The Labute approximate surface area is 111 Å². The van der Waals surface area contributed by atoms with E-state index < -0.39 is 0 Å². The molecule has 0 bridgehead atoms. The minimum Gasteiger partial charge on any atom is -0.378 e. The zero-order chi connectivity index (χ0) is 12.4. The zero-order valence-electron chi connectivity index (χ0n) is 10.3. The summed E-state index contributed by atoms with van der Waals surface area (Å²) in [6.45, 7) is 6.38. The standard InChI is InChI=1S/C14H16ClNS/c1-9-4-10(2)6-13(5-9)16-11(3)12-7-14(15)17-8-12/h4-8,11,16H,1-3H3. The van der Waals surface area contributed by atoms with Gasteiger partial charge in [0.05, 0.1) is 4.34 Å². The van der Waals surface area contributed by atoms with Gasteiger partial charge in [0.15, 0.2) is 0 Å². The van der Waals surface area contributed by atoms with Crippen molar-refractivity contribution in [3.05, 3.63) is 50.7 Å². The topological polar surface area (TPSA) is 12.0 Å². The number of anilines is 1. The average Bonchev–Trinajstić information content (AvgIpc) is 2.63. The van der Waals surface area contributed by atoms with Crippen LogP contribution < -0.4 is 5.32 Å². The van der Waals surface area contributed by atoms with Crippen LogP contribution in [0.15, 0.2) is 29.6 Å². The van der Waals surface area contributed by atoms with Crippen molar-refractivity contribution >= 4 is 28.6 Å². The minimum absolute atomic E-state index is 0.278. The molecule has 90 valence electrons. The molecule has 0 fully saturated rings. The van der Waals surface area contributed by atoms with E-state index in [1.807, 2.05) is 6.07 Å². The minimum atomic E-state index is 0.278. The highest BCUT2D eigenvalue weighted by Crippen LogP contribution is 2.27. The summed E-state index contributed by atoms with van der Waals surface area (Å²) < 4.78 is 0.842. The predicted molar refractivity (Wildman–Crippen MR) is 77.3 cm³/mol. The highest BCUT2D eigenvalue weighted by Gasteiger charge is 2.07. The Morgan fingerprint density at radius 3 is 2.29 bits per heavy atom. The number of hydrogen-bond acceptors (Lipinski definition) is 2. The maximum atomic E-state index is 5.95. The van der Waals surface area contributed by atoms with Crippen LogP contribution in [0, 0.1) is 13.8 Å². The predicted octanol–water partition coefficient (Wildman–Crippen LogP) is 5.19. The Morgan fingerprint density at radius 2 is 1.76 bits per heavy atom. The van der Waals surface area contributed by atoms with Gasteiger partial charge in [-0.25, -0.2) is 0 Å². The van der Waals surface area contributed by atoms with Gasteiger partial charge in [0.25, 0.3) is 0 Å². The lowest BCUT2D eigenvalue weighted by atomic mass is 10.1. The largest absolute Gasteiger partial charge is 0.378 e. The van der Waals surface area contributed by atoms with Crippen molar-refractivity contribution in [2.24, 2.45) is 0 Å². The molecule has 17 heavy (non-hydrogen) atoms. The summed E-state index contributed by atoms with van der Waals surface area (Å²) in [4.78, 5) is 0. The van der Waals surface area contributed by atoms with E-state index in [-0.39, 0.29) is 6.04 Å². The zero-order valence-corrected chi connectivity index (χ0v) is 11.8. The highest BCUT2D eigenvalue weighted by atomic mass is 35.5. The Hall–Kier alpha value is -0.990. The number of nitrogens with one attached hydrogen (secondary N) is 1. The molecule has 3 heteroatoms. The molecule has 0 saturated heterocycles. The van der Waals surface area contributed by atoms with Crippen LogP contribution in [0.3, 0.4) is 0 Å². The van der Waals surface area contributed by atoms with Crippen LogP contribution in [0.5, 0.6) is 0 Å². The molecule has 1 unspecified atom stereocenters. The number of thiophene rings is 1. The first kappa shape index (κ1) is 12.5. The van der Waals surface area contributed by atoms with Gasteiger partial charge in [0.2, 0.25) is 0 Å². The molecular weight excluding hydrogens is 250 g/mol. The molecule has 1 atom stereocenters. The van der Waals surface area contributed by atoms with Crippen molar-refractivity contribution in [3.63, 3.8) is 0 Å². The smallest absolute Gasteiger partial charge is 0.0931 e. The number of halogens is 1. The van der Waals surface area contributed by atoms with E-state index in [9.17, 15) is 0 Å². The lowest BCUT2D eigenvalue weighted by Gasteiger charge is -2.15. The summed E-state index contributed by atoms with van der Waals surface area (Å²) in [5.41, 5.74) is 4.96. The van der Waals surface area contributed by atoms with Crippen molar-refractivity contribution in [2.45, 2.75) is 26.8 Å². The lowest BCUT2D eigenvalue weighted by Crippen LogP contribution is -2.05. The maximum Gasteiger partial charge on any atom is 0.0931 e. The van der Waals surface area contributed by atoms with Crippen LogP contribution in [0.1, 0.15) is 29.7 Å². The fourth-order valence-electron chi connectivity index (χ4n) is 1.94. The molecule has 2 aromatic rings. The van der Waals surface area contributed by atoms with Gasteiger partial charge in [0.1, 0.15) is 0 Å². The van der Waals surface area contributed by atoms with Crippen LogP contribution in [-0.2, 0) is 0 Å². The van der Waals surface area contributed by atoms with Crippen molar-refractivity contribution in [3.8, 4) is 0 Å². The molecule has 0 aliphatic heterocycles. The number of benzene rings is 1. The van der Waals surface area contributed by atoms with Crippen LogP contribution >= 0.6 is 22.9 Å². The Morgan fingerprint density at radius 1 is 1.12 bits per heavy atom. The van der Waals surface area contributed by atoms with E-state index in [0.29, 0.717) is 0 Å². The first-order valence-electron chi connectivity index (χ1n) is 5.63. The highest BCUT2D eigenvalue weighted by molar-refractivity contribution is 7.14. The summed E-state index contributed by atoms with van der Waals surface area (Å²) in [5.74, 6) is 0. The summed E-state index contributed by atoms with van der Waals surface area (Å²) in [6, 6.07) is 8.80. The molecule has 0 aliphatic rings. The third kappa shape index (κ3) is 3.24. The molecule has 2 rings (SSSR count). The molecule has 1 heterocycles. The van der Waals surface area contributed by atoms with Crippen LogP contribution in [-0.4, -0.2) is 0 Å². The van der Waals surface area contributed by atoms with E-state index in [1.165, 1.54) is 16.7 Å². The summed E-state index contributed by atoms with van der Waals surface area (Å²) >= 11 is 7.52. The quantitative estimate of drug-likeness (QED) is 0.805. The lowest BCUT2D eigenvalue weighted by molar-refractivity contribution is 0.890. The van der Waals surface area contributed by atoms with Gasteiger partial charge in [-0.15, -0.1) is 11.3 Å². The van der Waals surface area contributed by atoms with E-state index >= 15 is 0 Å². The molecule has 0 aliphatic carbocycles. The second-order valence-corrected chi connectivity index (χ2v) is 5.97. The van der Waals surface area contributed by atoms with Gasteiger partial charge >= 0.3 is 0 Å². The van der Waals surface area contributed by atoms with E-state index in [0.717, 1.165) is 10.0 Å². The monoisotopic (exact) mass is 265 g/mol. The fourth-order valence-corrected chi connectivity index (χ4v) is 2.93. The van der Waals surface area contributed by atoms with Gasteiger partial charge in [-0.05, 0) is 61.0 Å². The molecule has 0 spiro atoms. The SMILES string of the molecule is Cc1cc(C)cc(NC(C)c2csc(Cl)c2)c1. The second-order valence-electron chi connectivity index (χ2n) is 4.43. The van der Waals surface area contributed by atoms with Crippen LogP contribution in [0.4, 0.5) is 5.69 Å². The molecule has 0 saturated carbocycles. The first-order chi connectivity index (χ1) is 8.04. The van der Waals surface area contributed by atoms with E-state index in [2.05, 4.69) is 49.7 Å². The molecular formula is C14H16ClNS. The van der Waals surface area contributed by atoms with E-state index in [4.69, 9.17) is 11.6 Å².